The Morgan fingerprint density at radius 1 is 1.14 bits per heavy atom. The van der Waals surface area contributed by atoms with Gasteiger partial charge in [-0.3, -0.25) is 4.79 Å². The third-order valence-electron chi connectivity index (χ3n) is 6.14. The number of nitrogens with zero attached hydrogens (tertiary/aromatic N) is 2. The van der Waals surface area contributed by atoms with E-state index in [-0.39, 0.29) is 31.3 Å². The molecule has 0 aromatic heterocycles. The monoisotopic (exact) mass is 420 g/mol. The molecule has 2 fully saturated rings. The molecule has 2 atom stereocenters. The van der Waals surface area contributed by atoms with Gasteiger partial charge in [-0.05, 0) is 50.2 Å². The molecule has 5 rings (SSSR count). The lowest BCUT2D eigenvalue weighted by Gasteiger charge is -2.31. The van der Waals surface area contributed by atoms with Gasteiger partial charge in [0.25, 0.3) is 5.91 Å². The van der Waals surface area contributed by atoms with Crippen LogP contribution in [0.5, 0.6) is 5.75 Å². The number of carbonyl (C=O) groups excluding carboxylic acids is 1. The molecule has 4 aliphatic rings. The molecule has 1 saturated carbocycles. The van der Waals surface area contributed by atoms with Crippen LogP contribution in [0.2, 0.25) is 0 Å². The minimum atomic E-state index is -3.54. The number of benzene rings is 1. The summed E-state index contributed by atoms with van der Waals surface area (Å²) < 4.78 is 39.6. The standard InChI is InChI=1S/C21H28N2O5S/c1-14-11-18(22-29(2,25)26)19-12-27-16-9-7-15(8-10-16)17-5-3-4-6-20(17)28-13-21(24)23(14)19/h3-6,14-16,19H,7-13H2,1-2H3/b22-18+/t14-,15?,16?,19?/m0/s1. The lowest BCUT2D eigenvalue weighted by Crippen LogP contribution is -2.46. The highest BCUT2D eigenvalue weighted by molar-refractivity contribution is 7.89. The van der Waals surface area contributed by atoms with Crippen molar-refractivity contribution in [3.05, 3.63) is 29.8 Å². The molecule has 0 N–H and O–H groups in total. The number of para-hydroxylation sites is 1. The van der Waals surface area contributed by atoms with Crippen molar-refractivity contribution in [3.8, 4) is 5.75 Å². The van der Waals surface area contributed by atoms with E-state index in [1.165, 1.54) is 0 Å². The zero-order chi connectivity index (χ0) is 20.6. The van der Waals surface area contributed by atoms with Crippen molar-refractivity contribution in [1.29, 1.82) is 0 Å². The van der Waals surface area contributed by atoms with Gasteiger partial charge in [-0.2, -0.15) is 4.40 Å². The quantitative estimate of drug-likeness (QED) is 0.697. The predicted molar refractivity (Wildman–Crippen MR) is 110 cm³/mol. The smallest absolute Gasteiger partial charge is 0.261 e. The van der Waals surface area contributed by atoms with Crippen LogP contribution in [-0.2, 0) is 19.6 Å². The predicted octanol–water partition coefficient (Wildman–Crippen LogP) is 2.51. The topological polar surface area (TPSA) is 85.3 Å². The first kappa shape index (κ1) is 20.3. The lowest BCUT2D eigenvalue weighted by molar-refractivity contribution is -0.137. The first-order chi connectivity index (χ1) is 13.8. The average molecular weight is 421 g/mol. The highest BCUT2D eigenvalue weighted by Crippen LogP contribution is 2.39. The Kier molecular flexibility index (Phi) is 5.66. The zero-order valence-corrected chi connectivity index (χ0v) is 17.7. The molecule has 158 valence electrons. The summed E-state index contributed by atoms with van der Waals surface area (Å²) in [6.07, 6.45) is 5.52. The summed E-state index contributed by atoms with van der Waals surface area (Å²) in [6.45, 7) is 2.10. The van der Waals surface area contributed by atoms with Crippen molar-refractivity contribution in [3.63, 3.8) is 0 Å². The van der Waals surface area contributed by atoms with Crippen LogP contribution < -0.4 is 4.74 Å². The van der Waals surface area contributed by atoms with E-state index in [1.54, 1.807) is 4.90 Å². The Morgan fingerprint density at radius 2 is 1.86 bits per heavy atom. The number of fused-ring (bicyclic) bond motifs is 5. The zero-order valence-electron chi connectivity index (χ0n) is 16.9. The van der Waals surface area contributed by atoms with E-state index in [0.29, 0.717) is 18.1 Å². The van der Waals surface area contributed by atoms with Gasteiger partial charge in [0.05, 0.1) is 30.7 Å². The molecule has 1 aromatic rings. The molecule has 1 amide bonds. The highest BCUT2D eigenvalue weighted by Gasteiger charge is 2.41. The van der Waals surface area contributed by atoms with Crippen molar-refractivity contribution in [2.75, 3.05) is 19.5 Å². The second kappa shape index (κ2) is 8.07. The van der Waals surface area contributed by atoms with Crippen molar-refractivity contribution in [2.45, 2.75) is 63.1 Å². The Bertz CT molecular complexity index is 905. The first-order valence-electron chi connectivity index (χ1n) is 10.2. The maximum atomic E-state index is 13.0. The molecular formula is C21H28N2O5S. The van der Waals surface area contributed by atoms with Crippen LogP contribution in [0.1, 0.15) is 50.5 Å². The fourth-order valence-corrected chi connectivity index (χ4v) is 5.47. The molecule has 1 aliphatic carbocycles. The molecule has 8 heteroatoms. The molecule has 1 unspecified atom stereocenters. The summed E-state index contributed by atoms with van der Waals surface area (Å²) in [5, 5.41) is 0. The molecule has 1 aromatic carbocycles. The molecule has 1 saturated heterocycles. The van der Waals surface area contributed by atoms with Crippen molar-refractivity contribution >= 4 is 21.6 Å². The Labute approximate surface area is 172 Å². The number of ether oxygens (including phenoxy) is 2. The van der Waals surface area contributed by atoms with Gasteiger partial charge in [0, 0.05) is 12.5 Å². The fraction of sp³-hybridized carbons (Fsp3) is 0.619. The number of rotatable bonds is 1. The molecule has 3 aliphatic heterocycles. The van der Waals surface area contributed by atoms with E-state index in [1.807, 2.05) is 25.1 Å². The molecule has 7 nitrogen and oxygen atoms in total. The second-order valence-corrected chi connectivity index (χ2v) is 9.97. The summed E-state index contributed by atoms with van der Waals surface area (Å²) in [5.74, 6) is 0.993. The molecule has 0 radical (unpaired) electrons. The Morgan fingerprint density at radius 3 is 2.59 bits per heavy atom. The molecule has 2 bridgehead atoms. The summed E-state index contributed by atoms with van der Waals surface area (Å²) >= 11 is 0. The first-order valence-corrected chi connectivity index (χ1v) is 12.1. The summed E-state index contributed by atoms with van der Waals surface area (Å²) in [4.78, 5) is 14.7. The van der Waals surface area contributed by atoms with Gasteiger partial charge in [0.1, 0.15) is 5.75 Å². The van der Waals surface area contributed by atoms with Gasteiger partial charge in [0.15, 0.2) is 6.61 Å². The molecule has 29 heavy (non-hydrogen) atoms. The Balaban J connectivity index is 1.67. The highest BCUT2D eigenvalue weighted by atomic mass is 32.2. The summed E-state index contributed by atoms with van der Waals surface area (Å²) in [6, 6.07) is 7.32. The summed E-state index contributed by atoms with van der Waals surface area (Å²) in [7, 11) is -3.54. The van der Waals surface area contributed by atoms with E-state index in [2.05, 4.69) is 10.5 Å². The van der Waals surface area contributed by atoms with Gasteiger partial charge >= 0.3 is 0 Å². The molecule has 3 heterocycles. The minimum Gasteiger partial charge on any atom is -0.483 e. The normalized spacial score (nSPS) is 32.0. The summed E-state index contributed by atoms with van der Waals surface area (Å²) in [5.41, 5.74) is 1.65. The van der Waals surface area contributed by atoms with Gasteiger partial charge in [-0.15, -0.1) is 0 Å². The van der Waals surface area contributed by atoms with Crippen LogP contribution >= 0.6 is 0 Å². The van der Waals surface area contributed by atoms with E-state index < -0.39 is 16.1 Å². The van der Waals surface area contributed by atoms with Crippen LogP contribution in [0.4, 0.5) is 0 Å². The number of hydrogen-bond acceptors (Lipinski definition) is 5. The lowest BCUT2D eigenvalue weighted by atomic mass is 9.82. The van der Waals surface area contributed by atoms with Gasteiger partial charge in [-0.1, -0.05) is 18.2 Å². The molecule has 0 spiro atoms. The van der Waals surface area contributed by atoms with Gasteiger partial charge in [0.2, 0.25) is 10.0 Å². The van der Waals surface area contributed by atoms with Gasteiger partial charge in [-0.25, -0.2) is 8.42 Å². The number of sulfonamides is 1. The number of amides is 1. The van der Waals surface area contributed by atoms with Crippen molar-refractivity contribution < 1.29 is 22.7 Å². The fourth-order valence-electron chi connectivity index (χ4n) is 4.84. The average Bonchev–Trinajstić information content (AvgIpc) is 2.98. The SMILES string of the molecule is C[C@H]1C/C(=N\S(C)(=O)=O)C2COC3CCC(CC3)c3ccccc3OCC(=O)N21. The second-order valence-electron chi connectivity index (χ2n) is 8.32. The van der Waals surface area contributed by atoms with Crippen LogP contribution in [0.15, 0.2) is 28.7 Å². The Hall–Kier alpha value is -1.93. The number of hydrogen-bond donors (Lipinski definition) is 0. The van der Waals surface area contributed by atoms with Crippen LogP contribution in [-0.4, -0.2) is 62.6 Å². The molecular weight excluding hydrogens is 392 g/mol. The third-order valence-corrected chi connectivity index (χ3v) is 6.71. The van der Waals surface area contributed by atoms with Crippen LogP contribution in [0, 0.1) is 0 Å². The maximum Gasteiger partial charge on any atom is 0.261 e. The van der Waals surface area contributed by atoms with Crippen molar-refractivity contribution in [1.82, 2.24) is 4.90 Å². The van der Waals surface area contributed by atoms with Crippen molar-refractivity contribution in [2.24, 2.45) is 4.40 Å². The number of carbonyl (C=O) groups is 1. The van der Waals surface area contributed by atoms with E-state index in [0.717, 1.165) is 43.3 Å². The van der Waals surface area contributed by atoms with E-state index in [4.69, 9.17) is 9.47 Å². The van der Waals surface area contributed by atoms with E-state index in [9.17, 15) is 13.2 Å². The maximum absolute atomic E-state index is 13.0. The minimum absolute atomic E-state index is 0.0832. The van der Waals surface area contributed by atoms with Crippen LogP contribution in [0.25, 0.3) is 0 Å². The third kappa shape index (κ3) is 4.48. The van der Waals surface area contributed by atoms with Gasteiger partial charge < -0.3 is 14.4 Å². The van der Waals surface area contributed by atoms with E-state index >= 15 is 0 Å². The van der Waals surface area contributed by atoms with Crippen LogP contribution in [0.3, 0.4) is 0 Å². The largest absolute Gasteiger partial charge is 0.483 e.